The molecule has 5 rings (SSSR count). The highest BCUT2D eigenvalue weighted by atomic mass is 19.1. The molecule has 3 N–H and O–H groups in total. The Morgan fingerprint density at radius 3 is 2.82 bits per heavy atom. The van der Waals surface area contributed by atoms with Gasteiger partial charge in [-0.1, -0.05) is 30.3 Å². The van der Waals surface area contributed by atoms with Crippen molar-refractivity contribution in [1.29, 1.82) is 0 Å². The maximum absolute atomic E-state index is 14.7. The zero-order valence-electron chi connectivity index (χ0n) is 18.0. The van der Waals surface area contributed by atoms with Crippen LogP contribution in [0.1, 0.15) is 5.56 Å². The van der Waals surface area contributed by atoms with Crippen LogP contribution in [0, 0.1) is 11.7 Å². The summed E-state index contributed by atoms with van der Waals surface area (Å²) in [6, 6.07) is 14.4. The molecule has 0 saturated heterocycles. The van der Waals surface area contributed by atoms with Gasteiger partial charge < -0.3 is 19.6 Å². The lowest BCUT2D eigenvalue weighted by Gasteiger charge is -2.09. The van der Waals surface area contributed by atoms with Gasteiger partial charge in [0.1, 0.15) is 17.2 Å². The third-order valence-electron chi connectivity index (χ3n) is 5.51. The fraction of sp³-hybridized carbons (Fsp3) is 0.120. The molecule has 0 saturated carbocycles. The summed E-state index contributed by atoms with van der Waals surface area (Å²) in [5.41, 5.74) is 2.57. The van der Waals surface area contributed by atoms with Gasteiger partial charge in [-0.05, 0) is 24.1 Å². The van der Waals surface area contributed by atoms with Crippen LogP contribution in [0.4, 0.5) is 10.1 Å². The molecule has 5 aromatic rings. The monoisotopic (exact) mass is 456 g/mol. The van der Waals surface area contributed by atoms with Crippen molar-refractivity contribution in [2.75, 3.05) is 6.61 Å². The van der Waals surface area contributed by atoms with Gasteiger partial charge in [-0.25, -0.2) is 14.4 Å². The number of aromatic amines is 2. The number of pyridine rings is 1. The average Bonchev–Trinajstić information content (AvgIpc) is 3.51. The normalized spacial score (nSPS) is 12.5. The Labute approximate surface area is 193 Å². The number of aliphatic hydroxyl groups is 1. The fourth-order valence-electron chi connectivity index (χ4n) is 3.81. The lowest BCUT2D eigenvalue weighted by Crippen LogP contribution is -2.12. The Morgan fingerprint density at radius 2 is 2.06 bits per heavy atom. The Morgan fingerprint density at radius 1 is 1.21 bits per heavy atom. The van der Waals surface area contributed by atoms with Crippen LogP contribution in [0.3, 0.4) is 0 Å². The second-order valence-electron chi connectivity index (χ2n) is 7.85. The zero-order valence-corrected chi connectivity index (χ0v) is 18.0. The number of aliphatic hydroxyl groups excluding tert-OH is 1. The molecule has 170 valence electrons. The van der Waals surface area contributed by atoms with E-state index < -0.39 is 5.82 Å². The lowest BCUT2D eigenvalue weighted by molar-refractivity contribution is 0.263. The molecule has 0 spiro atoms. The minimum Gasteiger partial charge on any atom is -0.396 e. The molecule has 0 radical (unpaired) electrons. The Balaban J connectivity index is 1.51. The highest BCUT2D eigenvalue weighted by molar-refractivity contribution is 5.84. The SMILES string of the molecule is O=c1[nH]ccc(N=CC(CO)Cc2ccccc2)c1-c1nc2cc(-n3ccnc3)c(F)cc2[nH]1. The zero-order chi connectivity index (χ0) is 23.5. The highest BCUT2D eigenvalue weighted by Gasteiger charge is 2.16. The van der Waals surface area contributed by atoms with Crippen LogP contribution in [0.15, 0.2) is 83.2 Å². The van der Waals surface area contributed by atoms with Crippen molar-refractivity contribution in [3.8, 4) is 17.1 Å². The quantitative estimate of drug-likeness (QED) is 0.324. The van der Waals surface area contributed by atoms with Crippen LogP contribution in [-0.2, 0) is 6.42 Å². The summed E-state index contributed by atoms with van der Waals surface area (Å²) in [6.45, 7) is -0.0855. The van der Waals surface area contributed by atoms with Gasteiger partial charge in [-0.2, -0.15) is 0 Å². The number of aromatic nitrogens is 5. The Hall–Kier alpha value is -4.37. The molecule has 0 amide bonds. The molecule has 8 nitrogen and oxygen atoms in total. The molecule has 0 aliphatic carbocycles. The first-order chi connectivity index (χ1) is 16.6. The number of benzene rings is 2. The van der Waals surface area contributed by atoms with E-state index in [0.29, 0.717) is 28.8 Å². The van der Waals surface area contributed by atoms with E-state index in [9.17, 15) is 14.3 Å². The number of nitrogens with zero attached hydrogens (tertiary/aromatic N) is 4. The van der Waals surface area contributed by atoms with Gasteiger partial charge in [0.05, 0.1) is 35.3 Å². The molecule has 1 unspecified atom stereocenters. The van der Waals surface area contributed by atoms with E-state index in [0.717, 1.165) is 5.56 Å². The van der Waals surface area contributed by atoms with Crippen molar-refractivity contribution < 1.29 is 9.50 Å². The van der Waals surface area contributed by atoms with Crippen LogP contribution in [0.25, 0.3) is 28.1 Å². The smallest absolute Gasteiger partial charge is 0.261 e. The summed E-state index contributed by atoms with van der Waals surface area (Å²) in [6.07, 6.45) is 8.46. The number of rotatable bonds is 7. The van der Waals surface area contributed by atoms with Gasteiger partial charge in [0.15, 0.2) is 0 Å². The van der Waals surface area contributed by atoms with E-state index in [2.05, 4.69) is 24.9 Å². The van der Waals surface area contributed by atoms with Gasteiger partial charge in [0.25, 0.3) is 5.56 Å². The predicted octanol–water partition coefficient (Wildman–Crippen LogP) is 3.80. The number of fused-ring (bicyclic) bond motifs is 1. The van der Waals surface area contributed by atoms with E-state index in [1.807, 2.05) is 30.3 Å². The van der Waals surface area contributed by atoms with Gasteiger partial charge >= 0.3 is 0 Å². The lowest BCUT2D eigenvalue weighted by atomic mass is 10.0. The minimum atomic E-state index is -0.451. The average molecular weight is 456 g/mol. The predicted molar refractivity (Wildman–Crippen MR) is 128 cm³/mol. The van der Waals surface area contributed by atoms with Crippen molar-refractivity contribution >= 4 is 22.9 Å². The van der Waals surface area contributed by atoms with Crippen molar-refractivity contribution in [2.24, 2.45) is 10.9 Å². The first-order valence-electron chi connectivity index (χ1n) is 10.7. The third-order valence-corrected chi connectivity index (χ3v) is 5.51. The molecule has 9 heteroatoms. The highest BCUT2D eigenvalue weighted by Crippen LogP contribution is 2.28. The Kier molecular flexibility index (Phi) is 5.84. The first-order valence-corrected chi connectivity index (χ1v) is 10.7. The maximum Gasteiger partial charge on any atom is 0.261 e. The summed E-state index contributed by atoms with van der Waals surface area (Å²) < 4.78 is 16.2. The molecule has 3 heterocycles. The Bertz CT molecular complexity index is 1510. The molecule has 2 aromatic carbocycles. The number of hydrogen-bond acceptors (Lipinski definition) is 5. The van der Waals surface area contributed by atoms with Crippen LogP contribution < -0.4 is 5.56 Å². The largest absolute Gasteiger partial charge is 0.396 e. The number of imidazole rings is 2. The van der Waals surface area contributed by atoms with Crippen LogP contribution in [0.2, 0.25) is 0 Å². The molecular formula is C25H21FN6O2. The van der Waals surface area contributed by atoms with E-state index in [1.54, 1.807) is 35.3 Å². The number of nitrogens with one attached hydrogen (secondary N) is 2. The summed E-state index contributed by atoms with van der Waals surface area (Å²) in [4.78, 5) is 31.4. The van der Waals surface area contributed by atoms with E-state index >= 15 is 0 Å². The van der Waals surface area contributed by atoms with Crippen LogP contribution in [0.5, 0.6) is 0 Å². The summed E-state index contributed by atoms with van der Waals surface area (Å²) in [5, 5.41) is 9.81. The van der Waals surface area contributed by atoms with Crippen molar-refractivity contribution in [3.05, 3.63) is 95.2 Å². The number of aliphatic imine (C=N–C) groups is 1. The van der Waals surface area contributed by atoms with Gasteiger partial charge in [-0.15, -0.1) is 0 Å². The van der Waals surface area contributed by atoms with Gasteiger partial charge in [-0.3, -0.25) is 9.79 Å². The topological polar surface area (TPSA) is 112 Å². The van der Waals surface area contributed by atoms with E-state index in [4.69, 9.17) is 0 Å². The second kappa shape index (κ2) is 9.24. The molecule has 0 fully saturated rings. The minimum absolute atomic E-state index is 0.0855. The van der Waals surface area contributed by atoms with Gasteiger partial charge in [0, 0.05) is 36.8 Å². The molecule has 3 aromatic heterocycles. The first kappa shape index (κ1) is 21.5. The van der Waals surface area contributed by atoms with Crippen LogP contribution in [-0.4, -0.2) is 42.4 Å². The molecule has 1 atom stereocenters. The fourth-order valence-corrected chi connectivity index (χ4v) is 3.81. The van der Waals surface area contributed by atoms with Crippen molar-refractivity contribution in [2.45, 2.75) is 6.42 Å². The molecule has 34 heavy (non-hydrogen) atoms. The van der Waals surface area contributed by atoms with Gasteiger partial charge in [0.2, 0.25) is 0 Å². The standard InChI is InChI=1S/C25H21FN6O2/c26-18-11-20-21(12-22(18)32-9-8-27-15-32)31-24(30-20)23-19(6-7-28-25(23)34)29-13-17(14-33)10-16-4-2-1-3-5-16/h1-9,11-13,15,17,33H,10,14H2,(H,28,34)(H,30,31). The van der Waals surface area contributed by atoms with Crippen molar-refractivity contribution in [3.63, 3.8) is 0 Å². The summed E-state index contributed by atoms with van der Waals surface area (Å²) >= 11 is 0. The third kappa shape index (κ3) is 4.28. The number of H-pyrrole nitrogens is 2. The second-order valence-corrected chi connectivity index (χ2v) is 7.85. The molecular weight excluding hydrogens is 435 g/mol. The maximum atomic E-state index is 14.7. The van der Waals surface area contributed by atoms with E-state index in [1.165, 1.54) is 18.6 Å². The summed E-state index contributed by atoms with van der Waals surface area (Å²) in [7, 11) is 0. The summed E-state index contributed by atoms with van der Waals surface area (Å²) in [5.74, 6) is -0.403. The molecule has 0 aliphatic heterocycles. The molecule has 0 aliphatic rings. The van der Waals surface area contributed by atoms with Crippen LogP contribution >= 0.6 is 0 Å². The number of halogens is 1. The van der Waals surface area contributed by atoms with Crippen molar-refractivity contribution in [1.82, 2.24) is 24.5 Å². The van der Waals surface area contributed by atoms with E-state index in [-0.39, 0.29) is 29.5 Å². The number of hydrogen-bond donors (Lipinski definition) is 3. The molecule has 0 bridgehead atoms.